The summed E-state index contributed by atoms with van der Waals surface area (Å²) in [5, 5.41) is 8.93. The van der Waals surface area contributed by atoms with Crippen LogP contribution in [0.2, 0.25) is 0 Å². The molecule has 1 aliphatic heterocycles. The van der Waals surface area contributed by atoms with E-state index in [9.17, 15) is 9.59 Å². The third kappa shape index (κ3) is 9.40. The lowest BCUT2D eigenvalue weighted by atomic mass is 9.82. The van der Waals surface area contributed by atoms with Gasteiger partial charge in [-0.25, -0.2) is 0 Å². The van der Waals surface area contributed by atoms with Crippen molar-refractivity contribution >= 4 is 30.4 Å². The molecule has 1 atom stereocenters. The molecule has 0 radical (unpaired) electrons. The van der Waals surface area contributed by atoms with E-state index in [2.05, 4.69) is 41.2 Å². The zero-order valence-corrected chi connectivity index (χ0v) is 20.1. The molecule has 0 spiro atoms. The minimum Gasteiger partial charge on any atom is -0.396 e. The van der Waals surface area contributed by atoms with Gasteiger partial charge in [0.05, 0.1) is 12.6 Å². The second-order valence-electron chi connectivity index (χ2n) is 8.39. The molecule has 0 amide bonds. The molecule has 0 aromatic heterocycles. The number of carbonyl (C=O) groups is 2. The Morgan fingerprint density at radius 3 is 2.48 bits per heavy atom. The Labute approximate surface area is 193 Å². The molecule has 0 saturated carbocycles. The zero-order valence-electron chi connectivity index (χ0n) is 19.2. The van der Waals surface area contributed by atoms with Crippen LogP contribution in [0.25, 0.3) is 0 Å². The maximum atomic E-state index is 12.1. The fourth-order valence-corrected chi connectivity index (χ4v) is 3.33. The largest absolute Gasteiger partial charge is 0.396 e. The summed E-state index contributed by atoms with van der Waals surface area (Å²) in [6, 6.07) is 10.1. The van der Waals surface area contributed by atoms with Crippen molar-refractivity contribution in [2.75, 3.05) is 19.7 Å². The number of ketones is 2. The summed E-state index contributed by atoms with van der Waals surface area (Å²) in [4.78, 5) is 30.7. The molecule has 2 rings (SSSR count). The SMILES string of the molecule is C=C1C(CCCC(=O)C(=O)C(C)(C)CC)N=CCN1CCCO.SCc1ccccc1. The van der Waals surface area contributed by atoms with Crippen LogP contribution >= 0.6 is 12.6 Å². The fourth-order valence-electron chi connectivity index (χ4n) is 3.12. The van der Waals surface area contributed by atoms with E-state index < -0.39 is 5.41 Å². The van der Waals surface area contributed by atoms with Gasteiger partial charge in [0.2, 0.25) is 5.78 Å². The number of hydrogen-bond donors (Lipinski definition) is 2. The zero-order chi connectivity index (χ0) is 23.3. The highest BCUT2D eigenvalue weighted by Gasteiger charge is 2.30. The van der Waals surface area contributed by atoms with E-state index in [4.69, 9.17) is 5.11 Å². The first-order valence-electron chi connectivity index (χ1n) is 11.1. The molecule has 172 valence electrons. The number of thiol groups is 1. The molecule has 1 aromatic rings. The Balaban J connectivity index is 0.000000500. The highest BCUT2D eigenvalue weighted by atomic mass is 32.1. The van der Waals surface area contributed by atoms with Crippen LogP contribution in [0.4, 0.5) is 0 Å². The van der Waals surface area contributed by atoms with E-state index in [1.165, 1.54) is 5.56 Å². The number of nitrogens with zero attached hydrogens (tertiary/aromatic N) is 2. The molecule has 6 heteroatoms. The second kappa shape index (κ2) is 14.2. The van der Waals surface area contributed by atoms with Crippen molar-refractivity contribution in [3.8, 4) is 0 Å². The first-order chi connectivity index (χ1) is 14.8. The summed E-state index contributed by atoms with van der Waals surface area (Å²) >= 11 is 4.11. The number of hydrogen-bond acceptors (Lipinski definition) is 6. The highest BCUT2D eigenvalue weighted by Crippen LogP contribution is 2.24. The molecule has 0 fully saturated rings. The van der Waals surface area contributed by atoms with E-state index in [0.29, 0.717) is 19.3 Å². The number of rotatable bonds is 11. The molecule has 1 N–H and O–H groups in total. The Morgan fingerprint density at radius 1 is 1.26 bits per heavy atom. The summed E-state index contributed by atoms with van der Waals surface area (Å²) in [5.74, 6) is 0.288. The second-order valence-corrected chi connectivity index (χ2v) is 8.70. The average Bonchev–Trinajstić information content (AvgIpc) is 2.79. The van der Waals surface area contributed by atoms with E-state index in [0.717, 1.165) is 31.0 Å². The van der Waals surface area contributed by atoms with Gasteiger partial charge in [-0.15, -0.1) is 0 Å². The summed E-state index contributed by atoms with van der Waals surface area (Å²) in [5.41, 5.74) is 1.65. The molecule has 1 unspecified atom stereocenters. The standard InChI is InChI=1S/C18H30N2O3.C7H8S/c1-5-18(3,4)17(23)16(22)9-6-8-15-14(2)20(11-7-13-21)12-10-19-15;8-6-7-4-2-1-3-5-7/h10,15,21H,2,5-9,11-13H2,1,3-4H3;1-5,8H,6H2. The van der Waals surface area contributed by atoms with Crippen molar-refractivity contribution < 1.29 is 14.7 Å². The molecular formula is C25H38N2O3S. The van der Waals surface area contributed by atoms with Crippen LogP contribution in [-0.2, 0) is 15.3 Å². The highest BCUT2D eigenvalue weighted by molar-refractivity contribution is 7.79. The smallest absolute Gasteiger partial charge is 0.203 e. The normalized spacial score (nSPS) is 16.0. The van der Waals surface area contributed by atoms with Gasteiger partial charge >= 0.3 is 0 Å². The Hall–Kier alpha value is -1.92. The van der Waals surface area contributed by atoms with Gasteiger partial charge < -0.3 is 10.0 Å². The Kier molecular flexibility index (Phi) is 12.4. The van der Waals surface area contributed by atoms with Crippen molar-refractivity contribution in [1.29, 1.82) is 0 Å². The molecule has 0 bridgehead atoms. The molecular weight excluding hydrogens is 408 g/mol. The summed E-state index contributed by atoms with van der Waals surface area (Å²) in [6.45, 7) is 11.3. The lowest BCUT2D eigenvalue weighted by Crippen LogP contribution is -2.35. The van der Waals surface area contributed by atoms with Crippen LogP contribution in [0.3, 0.4) is 0 Å². The van der Waals surface area contributed by atoms with Gasteiger partial charge in [0.1, 0.15) is 0 Å². The van der Waals surface area contributed by atoms with E-state index in [1.807, 2.05) is 45.2 Å². The monoisotopic (exact) mass is 446 g/mol. The van der Waals surface area contributed by atoms with Gasteiger partial charge in [-0.05, 0) is 31.2 Å². The van der Waals surface area contributed by atoms with Gasteiger partial charge in [-0.3, -0.25) is 14.6 Å². The first-order valence-corrected chi connectivity index (χ1v) is 11.7. The Bertz CT molecular complexity index is 732. The fraction of sp³-hybridized carbons (Fsp3) is 0.560. The Morgan fingerprint density at radius 2 is 1.94 bits per heavy atom. The number of benzene rings is 1. The third-order valence-electron chi connectivity index (χ3n) is 5.62. The van der Waals surface area contributed by atoms with Crippen molar-refractivity contribution in [3.63, 3.8) is 0 Å². The number of aliphatic hydroxyl groups excluding tert-OH is 1. The molecule has 0 aliphatic carbocycles. The summed E-state index contributed by atoms with van der Waals surface area (Å²) < 4.78 is 0. The number of aliphatic hydroxyl groups is 1. The molecule has 31 heavy (non-hydrogen) atoms. The van der Waals surface area contributed by atoms with Crippen LogP contribution in [0.15, 0.2) is 47.6 Å². The van der Waals surface area contributed by atoms with Crippen LogP contribution in [-0.4, -0.2) is 53.5 Å². The topological polar surface area (TPSA) is 70.0 Å². The van der Waals surface area contributed by atoms with Crippen LogP contribution in [0.5, 0.6) is 0 Å². The van der Waals surface area contributed by atoms with Crippen molar-refractivity contribution in [1.82, 2.24) is 4.90 Å². The molecule has 1 heterocycles. The van der Waals surface area contributed by atoms with Crippen LogP contribution in [0.1, 0.15) is 58.4 Å². The van der Waals surface area contributed by atoms with Gasteiger partial charge in [0, 0.05) is 42.7 Å². The van der Waals surface area contributed by atoms with E-state index >= 15 is 0 Å². The van der Waals surface area contributed by atoms with Crippen LogP contribution < -0.4 is 0 Å². The maximum Gasteiger partial charge on any atom is 0.203 e. The first kappa shape index (κ1) is 27.1. The lowest BCUT2D eigenvalue weighted by Gasteiger charge is -2.32. The predicted molar refractivity (Wildman–Crippen MR) is 132 cm³/mol. The van der Waals surface area contributed by atoms with Crippen molar-refractivity contribution in [2.24, 2.45) is 10.4 Å². The lowest BCUT2D eigenvalue weighted by molar-refractivity contribution is -0.141. The summed E-state index contributed by atoms with van der Waals surface area (Å²) in [7, 11) is 0. The number of carbonyl (C=O) groups excluding carboxylic acids is 2. The van der Waals surface area contributed by atoms with E-state index in [-0.39, 0.29) is 30.6 Å². The predicted octanol–water partition coefficient (Wildman–Crippen LogP) is 4.50. The van der Waals surface area contributed by atoms with Gasteiger partial charge in [-0.2, -0.15) is 12.6 Å². The molecule has 1 aromatic carbocycles. The van der Waals surface area contributed by atoms with Gasteiger partial charge in [-0.1, -0.05) is 57.7 Å². The molecule has 0 saturated heterocycles. The summed E-state index contributed by atoms with van der Waals surface area (Å²) in [6.07, 6.45) is 4.87. The van der Waals surface area contributed by atoms with E-state index in [1.54, 1.807) is 0 Å². The quantitative estimate of drug-likeness (QED) is 0.388. The van der Waals surface area contributed by atoms with Gasteiger partial charge in [0.15, 0.2) is 5.78 Å². The average molecular weight is 447 g/mol. The molecule has 1 aliphatic rings. The molecule has 5 nitrogen and oxygen atoms in total. The van der Waals surface area contributed by atoms with Gasteiger partial charge in [0.25, 0.3) is 0 Å². The van der Waals surface area contributed by atoms with Crippen molar-refractivity contribution in [3.05, 3.63) is 48.2 Å². The minimum absolute atomic E-state index is 0.0236. The number of Topliss-reactive ketones (excluding diaryl/α,β-unsaturated/α-hetero) is 2. The third-order valence-corrected chi connectivity index (χ3v) is 5.99. The minimum atomic E-state index is -0.565. The van der Waals surface area contributed by atoms with Crippen molar-refractivity contribution in [2.45, 2.75) is 64.7 Å². The van der Waals surface area contributed by atoms with Crippen LogP contribution in [0, 0.1) is 5.41 Å². The maximum absolute atomic E-state index is 12.1. The number of aliphatic imine (C=N–C) groups is 1.